The molecule has 1 aromatic heterocycles. The maximum absolute atomic E-state index is 5.20. The predicted molar refractivity (Wildman–Crippen MR) is 71.0 cm³/mol. The molecule has 4 heteroatoms. The van der Waals surface area contributed by atoms with Gasteiger partial charge in [0.2, 0.25) is 5.88 Å². The highest BCUT2D eigenvalue weighted by molar-refractivity contribution is 6.02. The van der Waals surface area contributed by atoms with Crippen LogP contribution in [0.2, 0.25) is 0 Å². The average molecular weight is 245 g/mol. The van der Waals surface area contributed by atoms with E-state index in [0.29, 0.717) is 11.8 Å². The summed E-state index contributed by atoms with van der Waals surface area (Å²) >= 11 is 0. The molecular formula is C14H19N3O. The zero-order valence-electron chi connectivity index (χ0n) is 11.4. The Morgan fingerprint density at radius 1 is 1.39 bits per heavy atom. The Kier molecular flexibility index (Phi) is 2.37. The van der Waals surface area contributed by atoms with Crippen LogP contribution in [0, 0.1) is 5.92 Å². The summed E-state index contributed by atoms with van der Waals surface area (Å²) in [5.74, 6) is 2.27. The molecule has 0 fully saturated rings. The predicted octanol–water partition coefficient (Wildman–Crippen LogP) is 2.08. The molecule has 0 radical (unpaired) electrons. The van der Waals surface area contributed by atoms with Gasteiger partial charge in [-0.1, -0.05) is 13.8 Å². The van der Waals surface area contributed by atoms with Crippen molar-refractivity contribution in [1.82, 2.24) is 9.88 Å². The van der Waals surface area contributed by atoms with Crippen molar-refractivity contribution in [1.29, 1.82) is 0 Å². The van der Waals surface area contributed by atoms with E-state index in [2.05, 4.69) is 36.7 Å². The molecule has 0 aromatic carbocycles. The number of ether oxygens (including phenoxy) is 1. The summed E-state index contributed by atoms with van der Waals surface area (Å²) in [4.78, 5) is 11.7. The number of amidine groups is 1. The van der Waals surface area contributed by atoms with Crippen LogP contribution in [0.5, 0.6) is 5.88 Å². The number of aliphatic imine (C=N–C) groups is 1. The molecule has 0 saturated carbocycles. The van der Waals surface area contributed by atoms with Gasteiger partial charge in [-0.3, -0.25) is 4.99 Å². The van der Waals surface area contributed by atoms with Crippen molar-refractivity contribution in [3.63, 3.8) is 0 Å². The van der Waals surface area contributed by atoms with E-state index in [0.717, 1.165) is 24.6 Å². The highest BCUT2D eigenvalue weighted by Gasteiger charge is 2.46. The standard InChI is InChI=1S/C14H19N3O/c1-9(2)14(3)8-15-13-12-10(7-17(13)14)5-6-11(16-12)18-4/h5-6,9H,7-8H2,1-4H3. The second-order valence-electron chi connectivity index (χ2n) is 5.60. The van der Waals surface area contributed by atoms with Crippen LogP contribution in [0.3, 0.4) is 0 Å². The normalized spacial score (nSPS) is 25.2. The van der Waals surface area contributed by atoms with E-state index in [-0.39, 0.29) is 5.54 Å². The second kappa shape index (κ2) is 3.70. The first kappa shape index (κ1) is 11.5. The monoisotopic (exact) mass is 245 g/mol. The van der Waals surface area contributed by atoms with Crippen molar-refractivity contribution in [2.45, 2.75) is 32.9 Å². The lowest BCUT2D eigenvalue weighted by Gasteiger charge is -2.37. The first-order valence-corrected chi connectivity index (χ1v) is 6.42. The Hall–Kier alpha value is -1.58. The Morgan fingerprint density at radius 3 is 2.83 bits per heavy atom. The summed E-state index contributed by atoms with van der Waals surface area (Å²) in [6.45, 7) is 8.58. The first-order chi connectivity index (χ1) is 8.56. The van der Waals surface area contributed by atoms with Gasteiger partial charge in [-0.25, -0.2) is 4.98 Å². The van der Waals surface area contributed by atoms with E-state index >= 15 is 0 Å². The lowest BCUT2D eigenvalue weighted by molar-refractivity contribution is 0.160. The third-order valence-corrected chi connectivity index (χ3v) is 4.37. The molecule has 96 valence electrons. The Labute approximate surface area is 108 Å². The molecule has 1 atom stereocenters. The lowest BCUT2D eigenvalue weighted by Crippen LogP contribution is -2.48. The minimum Gasteiger partial charge on any atom is -0.481 e. The number of nitrogens with zero attached hydrogens (tertiary/aromatic N) is 3. The highest BCUT2D eigenvalue weighted by Crippen LogP contribution is 2.38. The number of hydrogen-bond donors (Lipinski definition) is 0. The molecule has 0 saturated heterocycles. The fourth-order valence-electron chi connectivity index (χ4n) is 2.68. The average Bonchev–Trinajstić information content (AvgIpc) is 2.88. The van der Waals surface area contributed by atoms with Crippen molar-refractivity contribution in [3.05, 3.63) is 23.4 Å². The second-order valence-corrected chi connectivity index (χ2v) is 5.60. The molecule has 0 N–H and O–H groups in total. The van der Waals surface area contributed by atoms with Crippen LogP contribution >= 0.6 is 0 Å². The Bertz CT molecular complexity index is 524. The first-order valence-electron chi connectivity index (χ1n) is 6.42. The van der Waals surface area contributed by atoms with E-state index in [1.165, 1.54) is 5.56 Å². The molecule has 0 aliphatic carbocycles. The van der Waals surface area contributed by atoms with Crippen molar-refractivity contribution in [2.24, 2.45) is 10.9 Å². The third-order valence-electron chi connectivity index (χ3n) is 4.37. The molecular weight excluding hydrogens is 226 g/mol. The van der Waals surface area contributed by atoms with Crippen LogP contribution in [0.4, 0.5) is 0 Å². The van der Waals surface area contributed by atoms with Gasteiger partial charge in [-0.2, -0.15) is 0 Å². The van der Waals surface area contributed by atoms with Gasteiger partial charge < -0.3 is 9.64 Å². The summed E-state index contributed by atoms with van der Waals surface area (Å²) in [6.07, 6.45) is 0. The molecule has 3 rings (SSSR count). The van der Waals surface area contributed by atoms with Gasteiger partial charge in [0.1, 0.15) is 5.69 Å². The van der Waals surface area contributed by atoms with Crippen LogP contribution < -0.4 is 4.74 Å². The van der Waals surface area contributed by atoms with Crippen LogP contribution in [-0.2, 0) is 6.54 Å². The van der Waals surface area contributed by atoms with Gasteiger partial charge in [-0.15, -0.1) is 0 Å². The summed E-state index contributed by atoms with van der Waals surface area (Å²) in [5, 5.41) is 0. The van der Waals surface area contributed by atoms with Gasteiger partial charge >= 0.3 is 0 Å². The Morgan fingerprint density at radius 2 is 2.17 bits per heavy atom. The molecule has 3 heterocycles. The fourth-order valence-corrected chi connectivity index (χ4v) is 2.68. The van der Waals surface area contributed by atoms with E-state index in [1.807, 2.05) is 6.07 Å². The minimum atomic E-state index is 0.114. The van der Waals surface area contributed by atoms with Gasteiger partial charge in [-0.05, 0) is 18.9 Å². The minimum absolute atomic E-state index is 0.114. The summed E-state index contributed by atoms with van der Waals surface area (Å²) in [7, 11) is 1.65. The van der Waals surface area contributed by atoms with E-state index in [9.17, 15) is 0 Å². The third kappa shape index (κ3) is 1.38. The molecule has 2 aliphatic heterocycles. The van der Waals surface area contributed by atoms with Crippen LogP contribution in [-0.4, -0.2) is 34.9 Å². The number of aromatic nitrogens is 1. The van der Waals surface area contributed by atoms with Crippen LogP contribution in [0.15, 0.2) is 17.1 Å². The maximum Gasteiger partial charge on any atom is 0.213 e. The van der Waals surface area contributed by atoms with Crippen molar-refractivity contribution < 1.29 is 4.74 Å². The van der Waals surface area contributed by atoms with Crippen molar-refractivity contribution >= 4 is 5.84 Å². The van der Waals surface area contributed by atoms with Crippen LogP contribution in [0.1, 0.15) is 32.0 Å². The SMILES string of the molecule is COc1ccc2c(n1)C1=NCC(C)(C(C)C)N1C2. The van der Waals surface area contributed by atoms with Crippen LogP contribution in [0.25, 0.3) is 0 Å². The molecule has 18 heavy (non-hydrogen) atoms. The quantitative estimate of drug-likeness (QED) is 0.800. The molecule has 0 amide bonds. The molecule has 0 bridgehead atoms. The topological polar surface area (TPSA) is 37.7 Å². The Balaban J connectivity index is 2.02. The number of fused-ring (bicyclic) bond motifs is 3. The smallest absolute Gasteiger partial charge is 0.213 e. The zero-order chi connectivity index (χ0) is 12.9. The number of methoxy groups -OCH3 is 1. The fraction of sp³-hybridized carbons (Fsp3) is 0.571. The summed E-state index contributed by atoms with van der Waals surface area (Å²) < 4.78 is 5.20. The molecule has 2 aliphatic rings. The zero-order valence-corrected chi connectivity index (χ0v) is 11.4. The van der Waals surface area contributed by atoms with Gasteiger partial charge in [0, 0.05) is 18.2 Å². The van der Waals surface area contributed by atoms with Gasteiger partial charge in [0.25, 0.3) is 0 Å². The van der Waals surface area contributed by atoms with Gasteiger partial charge in [0.15, 0.2) is 5.84 Å². The molecule has 1 aromatic rings. The molecule has 0 spiro atoms. The highest BCUT2D eigenvalue weighted by atomic mass is 16.5. The molecule has 4 nitrogen and oxygen atoms in total. The summed E-state index contributed by atoms with van der Waals surface area (Å²) in [6, 6.07) is 4.02. The van der Waals surface area contributed by atoms with Crippen molar-refractivity contribution in [3.8, 4) is 5.88 Å². The van der Waals surface area contributed by atoms with E-state index < -0.39 is 0 Å². The summed E-state index contributed by atoms with van der Waals surface area (Å²) in [5.41, 5.74) is 2.36. The number of hydrogen-bond acceptors (Lipinski definition) is 4. The van der Waals surface area contributed by atoms with Crippen molar-refractivity contribution in [2.75, 3.05) is 13.7 Å². The maximum atomic E-state index is 5.20. The van der Waals surface area contributed by atoms with Gasteiger partial charge in [0.05, 0.1) is 19.2 Å². The number of pyridine rings is 1. The van der Waals surface area contributed by atoms with E-state index in [1.54, 1.807) is 7.11 Å². The number of rotatable bonds is 2. The largest absolute Gasteiger partial charge is 0.481 e. The molecule has 1 unspecified atom stereocenters. The van der Waals surface area contributed by atoms with E-state index in [4.69, 9.17) is 9.73 Å². The lowest BCUT2D eigenvalue weighted by atomic mass is 9.88.